The molecule has 0 bridgehead atoms. The molecule has 1 spiro atoms. The smallest absolute Gasteiger partial charge is 0.341 e. The van der Waals surface area contributed by atoms with Gasteiger partial charge in [0.25, 0.3) is 0 Å². The molecule has 5 rings (SSSR count). The lowest BCUT2D eigenvalue weighted by atomic mass is 9.81. The van der Waals surface area contributed by atoms with Gasteiger partial charge in [0.05, 0.1) is 17.3 Å². The van der Waals surface area contributed by atoms with Crippen LogP contribution in [0.15, 0.2) is 29.2 Å². The number of hydrogen-bond acceptors (Lipinski definition) is 4. The van der Waals surface area contributed by atoms with Crippen LogP contribution in [0.25, 0.3) is 11.3 Å². The van der Waals surface area contributed by atoms with Crippen LogP contribution in [0.5, 0.6) is 5.75 Å². The molecule has 2 fully saturated rings. The monoisotopic (exact) mass is 429 g/mol. The Morgan fingerprint density at radius 3 is 2.77 bits per heavy atom. The first-order valence-electron chi connectivity index (χ1n) is 10.4. The number of benzene rings is 1. The predicted octanol–water partition coefficient (Wildman–Crippen LogP) is 4.49. The Hall–Kier alpha value is -2.31. The van der Waals surface area contributed by atoms with E-state index in [1.807, 2.05) is 16.7 Å². The summed E-state index contributed by atoms with van der Waals surface area (Å²) in [6, 6.07) is 5.52. The number of hydrogen-bond donors (Lipinski definition) is 1. The van der Waals surface area contributed by atoms with Crippen LogP contribution < -0.4 is 10.2 Å². The number of fused-ring (bicyclic) bond motifs is 7. The number of halogens is 1. The summed E-state index contributed by atoms with van der Waals surface area (Å²) in [5, 5.41) is 9.98. The fourth-order valence-corrected chi connectivity index (χ4v) is 5.66. The Bertz CT molecular complexity index is 1090. The van der Waals surface area contributed by atoms with E-state index in [0.29, 0.717) is 24.0 Å². The molecule has 158 valence electrons. The maximum atomic E-state index is 12.5. The van der Waals surface area contributed by atoms with Gasteiger partial charge in [-0.15, -0.1) is 0 Å². The van der Waals surface area contributed by atoms with Gasteiger partial charge >= 0.3 is 5.97 Å². The third-order valence-electron chi connectivity index (χ3n) is 6.99. The number of pyridine rings is 1. The SMILES string of the molecule is COCCCOc1cc2c(cc1Cl)-c1cc(=O)c(C(=O)O)cn1C1C2CCC12CC2. The Balaban J connectivity index is 1.64. The van der Waals surface area contributed by atoms with Crippen LogP contribution >= 0.6 is 11.6 Å². The molecule has 3 aliphatic rings. The topological polar surface area (TPSA) is 77.8 Å². The number of carboxylic acid groups (broad SMARTS) is 1. The van der Waals surface area contributed by atoms with Crippen molar-refractivity contribution in [2.75, 3.05) is 20.3 Å². The molecule has 2 aliphatic carbocycles. The number of aromatic nitrogens is 1. The summed E-state index contributed by atoms with van der Waals surface area (Å²) in [6.45, 7) is 1.14. The van der Waals surface area contributed by atoms with Gasteiger partial charge in [0.15, 0.2) is 5.43 Å². The Labute approximate surface area is 179 Å². The second kappa shape index (κ2) is 7.13. The van der Waals surface area contributed by atoms with Crippen LogP contribution in [-0.2, 0) is 4.74 Å². The fourth-order valence-electron chi connectivity index (χ4n) is 5.45. The second-order valence-electron chi connectivity index (χ2n) is 8.67. The highest BCUT2D eigenvalue weighted by atomic mass is 35.5. The van der Waals surface area contributed by atoms with Gasteiger partial charge in [0.1, 0.15) is 11.3 Å². The number of rotatable bonds is 6. The van der Waals surface area contributed by atoms with Crippen LogP contribution in [-0.4, -0.2) is 36.0 Å². The van der Waals surface area contributed by atoms with Gasteiger partial charge in [-0.2, -0.15) is 0 Å². The molecule has 2 heterocycles. The minimum Gasteiger partial charge on any atom is -0.492 e. The number of aromatic carboxylic acids is 1. The van der Waals surface area contributed by atoms with Crippen LogP contribution in [0, 0.1) is 5.41 Å². The third-order valence-corrected chi connectivity index (χ3v) is 7.29. The molecule has 0 amide bonds. The van der Waals surface area contributed by atoms with Gasteiger partial charge in [-0.25, -0.2) is 4.79 Å². The van der Waals surface area contributed by atoms with Gasteiger partial charge in [0, 0.05) is 49.9 Å². The molecule has 2 unspecified atom stereocenters. The van der Waals surface area contributed by atoms with E-state index >= 15 is 0 Å². The first kappa shape index (κ1) is 19.6. The maximum absolute atomic E-state index is 12.5. The zero-order valence-corrected chi connectivity index (χ0v) is 17.6. The largest absolute Gasteiger partial charge is 0.492 e. The second-order valence-corrected chi connectivity index (χ2v) is 9.07. The summed E-state index contributed by atoms with van der Waals surface area (Å²) in [5.41, 5.74) is 2.36. The van der Waals surface area contributed by atoms with Crippen molar-refractivity contribution in [3.63, 3.8) is 0 Å². The highest BCUT2D eigenvalue weighted by molar-refractivity contribution is 6.32. The quantitative estimate of drug-likeness (QED) is 0.684. The zero-order valence-electron chi connectivity index (χ0n) is 16.8. The van der Waals surface area contributed by atoms with E-state index in [2.05, 4.69) is 0 Å². The van der Waals surface area contributed by atoms with Gasteiger partial charge in [-0.05, 0) is 48.8 Å². The Morgan fingerprint density at radius 1 is 1.27 bits per heavy atom. The number of carboxylic acids is 1. The van der Waals surface area contributed by atoms with Crippen molar-refractivity contribution in [1.82, 2.24) is 4.57 Å². The molecule has 0 radical (unpaired) electrons. The molecule has 1 aromatic heterocycles. The van der Waals surface area contributed by atoms with E-state index in [9.17, 15) is 14.7 Å². The summed E-state index contributed by atoms with van der Waals surface area (Å²) >= 11 is 6.54. The number of methoxy groups -OCH3 is 1. The number of nitrogens with zero attached hydrogens (tertiary/aromatic N) is 1. The van der Waals surface area contributed by atoms with E-state index in [1.165, 1.54) is 6.07 Å². The van der Waals surface area contributed by atoms with Crippen molar-refractivity contribution in [2.24, 2.45) is 5.41 Å². The van der Waals surface area contributed by atoms with Crippen LogP contribution in [0.1, 0.15) is 60.0 Å². The van der Waals surface area contributed by atoms with Gasteiger partial charge in [0.2, 0.25) is 0 Å². The molecular formula is C23H24ClNO5. The van der Waals surface area contributed by atoms with Crippen molar-refractivity contribution >= 4 is 17.6 Å². The third kappa shape index (κ3) is 2.96. The standard InChI is InChI=1S/C23H24ClNO5/c1-29-7-2-8-30-20-10-14-13-3-4-23(5-6-23)21(13)25-12-16(22(27)28)19(26)11-18(25)15(14)9-17(20)24/h9-13,21H,2-8H2,1H3,(H,27,28). The summed E-state index contributed by atoms with van der Waals surface area (Å²) in [5.74, 6) is -0.268. The molecular weight excluding hydrogens is 406 g/mol. The van der Waals surface area contributed by atoms with Crippen molar-refractivity contribution in [1.29, 1.82) is 0 Å². The molecule has 6 nitrogen and oxygen atoms in total. The molecule has 0 saturated heterocycles. The molecule has 1 aromatic carbocycles. The van der Waals surface area contributed by atoms with E-state index in [4.69, 9.17) is 21.1 Å². The van der Waals surface area contributed by atoms with Gasteiger partial charge in [-0.1, -0.05) is 11.6 Å². The van der Waals surface area contributed by atoms with E-state index < -0.39 is 11.4 Å². The van der Waals surface area contributed by atoms with Crippen molar-refractivity contribution in [3.8, 4) is 17.0 Å². The molecule has 1 N–H and O–H groups in total. The Morgan fingerprint density at radius 2 is 2.07 bits per heavy atom. The number of ether oxygens (including phenoxy) is 2. The average Bonchev–Trinajstić information content (AvgIpc) is 3.39. The van der Waals surface area contributed by atoms with E-state index in [-0.39, 0.29) is 22.9 Å². The normalized spacial score (nSPS) is 22.3. The lowest BCUT2D eigenvalue weighted by molar-refractivity contribution is 0.0694. The maximum Gasteiger partial charge on any atom is 0.341 e. The Kier molecular flexibility index (Phi) is 4.67. The van der Waals surface area contributed by atoms with Crippen molar-refractivity contribution in [3.05, 3.63) is 50.8 Å². The summed E-state index contributed by atoms with van der Waals surface area (Å²) in [6.07, 6.45) is 6.76. The number of carbonyl (C=O) groups is 1. The molecule has 2 aromatic rings. The molecule has 7 heteroatoms. The molecule has 2 saturated carbocycles. The molecule has 2 atom stereocenters. The zero-order chi connectivity index (χ0) is 21.0. The highest BCUT2D eigenvalue weighted by Crippen LogP contribution is 2.70. The van der Waals surface area contributed by atoms with Crippen molar-refractivity contribution < 1.29 is 19.4 Å². The molecule has 1 aliphatic heterocycles. The first-order valence-corrected chi connectivity index (χ1v) is 10.8. The molecule has 30 heavy (non-hydrogen) atoms. The lowest BCUT2D eigenvalue weighted by Crippen LogP contribution is -2.29. The van der Waals surface area contributed by atoms with Gasteiger partial charge < -0.3 is 19.1 Å². The predicted molar refractivity (Wildman–Crippen MR) is 113 cm³/mol. The average molecular weight is 430 g/mol. The minimum absolute atomic E-state index is 0.168. The van der Waals surface area contributed by atoms with Crippen LogP contribution in [0.3, 0.4) is 0 Å². The minimum atomic E-state index is -1.18. The summed E-state index contributed by atoms with van der Waals surface area (Å²) < 4.78 is 13.1. The van der Waals surface area contributed by atoms with Crippen LogP contribution in [0.4, 0.5) is 0 Å². The fraction of sp³-hybridized carbons (Fsp3) is 0.478. The van der Waals surface area contributed by atoms with E-state index in [1.54, 1.807) is 13.3 Å². The van der Waals surface area contributed by atoms with E-state index in [0.717, 1.165) is 48.9 Å². The highest BCUT2D eigenvalue weighted by Gasteiger charge is 2.59. The summed E-state index contributed by atoms with van der Waals surface area (Å²) in [4.78, 5) is 24.1. The summed E-state index contributed by atoms with van der Waals surface area (Å²) in [7, 11) is 1.66. The van der Waals surface area contributed by atoms with Gasteiger partial charge in [-0.3, -0.25) is 4.79 Å². The van der Waals surface area contributed by atoms with Crippen molar-refractivity contribution in [2.45, 2.75) is 44.1 Å². The first-order chi connectivity index (χ1) is 14.4. The van der Waals surface area contributed by atoms with Crippen LogP contribution in [0.2, 0.25) is 5.02 Å². The lowest BCUT2D eigenvalue weighted by Gasteiger charge is -2.37.